The molecule has 1 fully saturated rings. The minimum atomic E-state index is -2.86. The van der Waals surface area contributed by atoms with Crippen LogP contribution in [0.15, 0.2) is 45.9 Å². The van der Waals surface area contributed by atoms with Crippen molar-refractivity contribution in [3.63, 3.8) is 0 Å². The molecule has 0 amide bonds. The maximum absolute atomic E-state index is 14.4. The fourth-order valence-corrected chi connectivity index (χ4v) is 5.44. The highest BCUT2D eigenvalue weighted by Crippen LogP contribution is 2.38. The molecule has 0 aliphatic carbocycles. The number of fused-ring (bicyclic) bond motifs is 1. The third-order valence-electron chi connectivity index (χ3n) is 5.68. The molecule has 2 heterocycles. The summed E-state index contributed by atoms with van der Waals surface area (Å²) in [6.45, 7) is 2.46. The number of rotatable bonds is 8. The van der Waals surface area contributed by atoms with Gasteiger partial charge in [0.05, 0.1) is 41.4 Å². The van der Waals surface area contributed by atoms with E-state index in [4.69, 9.17) is 9.47 Å². The summed E-state index contributed by atoms with van der Waals surface area (Å²) >= 11 is 3.26. The summed E-state index contributed by atoms with van der Waals surface area (Å²) in [4.78, 5) is 6.56. The number of sulfone groups is 1. The van der Waals surface area contributed by atoms with Crippen molar-refractivity contribution >= 4 is 55.9 Å². The van der Waals surface area contributed by atoms with Gasteiger partial charge in [0.25, 0.3) is 5.85 Å². The van der Waals surface area contributed by atoms with Crippen molar-refractivity contribution in [3.05, 3.63) is 52.3 Å². The van der Waals surface area contributed by atoms with E-state index in [0.29, 0.717) is 35.5 Å². The van der Waals surface area contributed by atoms with Gasteiger partial charge in [-0.25, -0.2) is 17.8 Å². The highest BCUT2D eigenvalue weighted by atomic mass is 79.9. The predicted octanol–water partition coefficient (Wildman–Crippen LogP) is 3.83. The third kappa shape index (κ3) is 6.19. The number of hydrogen-bond donors (Lipinski definition) is 2. The molecule has 12 heteroatoms. The topological polar surface area (TPSA) is 92.3 Å². The Hall–Kier alpha value is -1.92. The van der Waals surface area contributed by atoms with Crippen molar-refractivity contribution in [3.8, 4) is 5.75 Å². The molecule has 34 heavy (non-hydrogen) atoms. The lowest BCUT2D eigenvalue weighted by atomic mass is 10.1. The molecule has 1 saturated heterocycles. The summed E-state index contributed by atoms with van der Waals surface area (Å²) in [6, 6.07) is 10.2. The number of hydrogen-bond acceptors (Lipinski definition) is 8. The van der Waals surface area contributed by atoms with Crippen LogP contribution >= 0.6 is 28.3 Å². The minimum absolute atomic E-state index is 0. The van der Waals surface area contributed by atoms with Crippen molar-refractivity contribution in [1.29, 1.82) is 0 Å². The van der Waals surface area contributed by atoms with Gasteiger partial charge in [0, 0.05) is 37.3 Å². The smallest absolute Gasteiger partial charge is 0.267 e. The van der Waals surface area contributed by atoms with Gasteiger partial charge in [-0.1, -0.05) is 15.9 Å². The van der Waals surface area contributed by atoms with E-state index in [0.717, 1.165) is 18.7 Å². The van der Waals surface area contributed by atoms with E-state index in [-0.39, 0.29) is 29.6 Å². The number of aliphatic imine (C=N–C) groups is 1. The number of benzene rings is 2. The highest BCUT2D eigenvalue weighted by molar-refractivity contribution is 9.10. The predicted molar refractivity (Wildman–Crippen MR) is 137 cm³/mol. The molecule has 1 atom stereocenters. The van der Waals surface area contributed by atoms with Gasteiger partial charge in [0.1, 0.15) is 11.6 Å². The van der Waals surface area contributed by atoms with E-state index in [1.54, 1.807) is 12.1 Å². The summed E-state index contributed by atoms with van der Waals surface area (Å²) in [5.41, 5.74) is 1.68. The third-order valence-corrected chi connectivity index (χ3v) is 7.78. The molecule has 0 radical (unpaired) electrons. The Balaban J connectivity index is 0.00000324. The number of anilines is 2. The van der Waals surface area contributed by atoms with Crippen molar-refractivity contribution < 1.29 is 22.3 Å². The number of nitrogens with zero attached hydrogens (tertiary/aromatic N) is 2. The van der Waals surface area contributed by atoms with Crippen LogP contribution in [0.25, 0.3) is 0 Å². The Morgan fingerprint density at radius 2 is 2.00 bits per heavy atom. The summed E-state index contributed by atoms with van der Waals surface area (Å²) < 4.78 is 49.7. The Bertz CT molecular complexity index is 1140. The number of methoxy groups -OCH3 is 1. The number of nitrogens with one attached hydrogen (secondary N) is 2. The molecule has 0 aromatic heterocycles. The van der Waals surface area contributed by atoms with Crippen LogP contribution in [0.4, 0.5) is 15.8 Å². The van der Waals surface area contributed by atoms with Crippen LogP contribution in [0.5, 0.6) is 5.75 Å². The van der Waals surface area contributed by atoms with Crippen LogP contribution in [-0.4, -0.2) is 64.5 Å². The van der Waals surface area contributed by atoms with Gasteiger partial charge in [-0.05, 0) is 36.8 Å². The van der Waals surface area contributed by atoms with Crippen molar-refractivity contribution in [1.82, 2.24) is 4.90 Å². The van der Waals surface area contributed by atoms with Crippen LogP contribution in [0.1, 0.15) is 12.0 Å². The summed E-state index contributed by atoms with van der Waals surface area (Å²) in [5.74, 6) is -0.584. The lowest BCUT2D eigenvalue weighted by Gasteiger charge is -2.34. The molecular weight excluding hydrogens is 551 g/mol. The van der Waals surface area contributed by atoms with E-state index in [2.05, 4.69) is 36.5 Å². The summed E-state index contributed by atoms with van der Waals surface area (Å²) in [6.07, 6.45) is 2.29. The van der Waals surface area contributed by atoms with Crippen LogP contribution in [0.3, 0.4) is 0 Å². The van der Waals surface area contributed by atoms with E-state index in [1.165, 1.54) is 19.5 Å². The molecule has 1 unspecified atom stereocenters. The van der Waals surface area contributed by atoms with Crippen LogP contribution in [0.2, 0.25) is 0 Å². The Labute approximate surface area is 213 Å². The molecule has 2 aromatic rings. The Morgan fingerprint density at radius 1 is 1.24 bits per heavy atom. The van der Waals surface area contributed by atoms with E-state index >= 15 is 0 Å². The number of ether oxygens (including phenoxy) is 2. The molecule has 4 rings (SSSR count). The summed E-state index contributed by atoms with van der Waals surface area (Å²) in [7, 11) is -1.36. The quantitative estimate of drug-likeness (QED) is 0.364. The van der Waals surface area contributed by atoms with Crippen LogP contribution in [0, 0.1) is 5.82 Å². The standard InChI is InChI=1S/C22H26BrFN4O4S.ClH/c1-31-22(27-20-6-3-16(23)13-19(20)24)18-5-4-17(14-21(18)25-15-26-22)32-10-2-7-28-8-11-33(29,30)12-9-28;/h3-6,13-15,27H,2,7-12H2,1H3,(H,25,26);1H. The van der Waals surface area contributed by atoms with Crippen molar-refractivity contribution in [2.75, 3.05) is 55.5 Å². The van der Waals surface area contributed by atoms with Gasteiger partial charge in [-0.15, -0.1) is 12.4 Å². The second-order valence-corrected chi connectivity index (χ2v) is 11.1. The average molecular weight is 578 g/mol. The largest absolute Gasteiger partial charge is 0.493 e. The van der Waals surface area contributed by atoms with Gasteiger partial charge in [-0.3, -0.25) is 0 Å². The highest BCUT2D eigenvalue weighted by Gasteiger charge is 2.37. The monoisotopic (exact) mass is 576 g/mol. The average Bonchev–Trinajstić information content (AvgIpc) is 2.79. The van der Waals surface area contributed by atoms with Gasteiger partial charge < -0.3 is 25.0 Å². The van der Waals surface area contributed by atoms with Gasteiger partial charge in [0.15, 0.2) is 9.84 Å². The first kappa shape index (κ1) is 26.7. The first-order chi connectivity index (χ1) is 15.8. The fraction of sp³-hybridized carbons (Fsp3) is 0.409. The maximum atomic E-state index is 14.4. The Morgan fingerprint density at radius 3 is 2.71 bits per heavy atom. The molecule has 2 aromatic carbocycles. The lowest BCUT2D eigenvalue weighted by Crippen LogP contribution is -2.40. The second kappa shape index (κ2) is 11.2. The first-order valence-corrected chi connectivity index (χ1v) is 13.2. The zero-order valence-corrected chi connectivity index (χ0v) is 21.8. The SMILES string of the molecule is COC1(Nc2ccc(Br)cc2F)N=CNc2cc(OCCCN3CCS(=O)(=O)CC3)ccc21.Cl. The molecule has 2 aliphatic rings. The molecule has 8 nitrogen and oxygen atoms in total. The second-order valence-electron chi connectivity index (χ2n) is 7.90. The van der Waals surface area contributed by atoms with E-state index in [9.17, 15) is 12.8 Å². The van der Waals surface area contributed by atoms with Crippen molar-refractivity contribution in [2.24, 2.45) is 4.99 Å². The number of halogens is 3. The molecule has 2 aliphatic heterocycles. The molecular formula is C22H27BrClFN4O4S. The molecule has 2 N–H and O–H groups in total. The summed E-state index contributed by atoms with van der Waals surface area (Å²) in [5, 5.41) is 6.16. The molecule has 186 valence electrons. The minimum Gasteiger partial charge on any atom is -0.493 e. The zero-order valence-electron chi connectivity index (χ0n) is 18.6. The van der Waals surface area contributed by atoms with Crippen molar-refractivity contribution in [2.45, 2.75) is 12.3 Å². The molecule has 0 saturated carbocycles. The van der Waals surface area contributed by atoms with E-state index in [1.807, 2.05) is 18.2 Å². The van der Waals surface area contributed by atoms with Crippen LogP contribution < -0.4 is 15.4 Å². The van der Waals surface area contributed by atoms with Gasteiger partial charge >= 0.3 is 0 Å². The molecule has 0 spiro atoms. The molecule has 0 bridgehead atoms. The van der Waals surface area contributed by atoms with Gasteiger partial charge in [-0.2, -0.15) is 0 Å². The van der Waals surface area contributed by atoms with E-state index < -0.39 is 21.5 Å². The maximum Gasteiger partial charge on any atom is 0.267 e. The Kier molecular flexibility index (Phi) is 8.80. The van der Waals surface area contributed by atoms with Crippen LogP contribution in [-0.2, 0) is 20.4 Å². The fourth-order valence-electron chi connectivity index (χ4n) is 3.83. The first-order valence-electron chi connectivity index (χ1n) is 10.6. The lowest BCUT2D eigenvalue weighted by molar-refractivity contribution is 0.0188. The zero-order chi connectivity index (χ0) is 23.5. The van der Waals surface area contributed by atoms with Gasteiger partial charge in [0.2, 0.25) is 0 Å². The normalized spacial score (nSPS) is 21.1.